The number of rotatable bonds is 2. The van der Waals surface area contributed by atoms with Crippen LogP contribution in [0.2, 0.25) is 0 Å². The van der Waals surface area contributed by atoms with Gasteiger partial charge >= 0.3 is 0 Å². The molecule has 1 aliphatic rings. The lowest BCUT2D eigenvalue weighted by Gasteiger charge is -2.14. The van der Waals surface area contributed by atoms with Crippen LogP contribution in [0, 0.1) is 5.92 Å². The molecule has 0 fully saturated rings. The Morgan fingerprint density at radius 1 is 1.78 bits per heavy atom. The van der Waals surface area contributed by atoms with E-state index in [1.165, 1.54) is 5.75 Å². The molecule has 2 heteroatoms. The molecule has 0 spiro atoms. The van der Waals surface area contributed by atoms with Gasteiger partial charge in [-0.25, -0.2) is 0 Å². The molecule has 1 rings (SSSR count). The summed E-state index contributed by atoms with van der Waals surface area (Å²) < 4.78 is 0. The molecule has 0 saturated heterocycles. The lowest BCUT2D eigenvalue weighted by Crippen LogP contribution is -2.29. The molecule has 0 aromatic heterocycles. The molecular formula is C7H13NS. The molecule has 0 radical (unpaired) electrons. The van der Waals surface area contributed by atoms with Crippen molar-refractivity contribution in [1.29, 1.82) is 0 Å². The topological polar surface area (TPSA) is 12.0 Å². The van der Waals surface area contributed by atoms with E-state index in [-0.39, 0.29) is 0 Å². The molecule has 0 aromatic rings. The SMILES string of the molecule is CNC(C)C1C=CSC1. The van der Waals surface area contributed by atoms with Gasteiger partial charge in [0.05, 0.1) is 0 Å². The second-order valence-corrected chi connectivity index (χ2v) is 3.34. The molecule has 9 heavy (non-hydrogen) atoms. The van der Waals surface area contributed by atoms with Gasteiger partial charge < -0.3 is 5.32 Å². The molecular weight excluding hydrogens is 130 g/mol. The second-order valence-electron chi connectivity index (χ2n) is 2.40. The lowest BCUT2D eigenvalue weighted by molar-refractivity contribution is 0.508. The van der Waals surface area contributed by atoms with Crippen molar-refractivity contribution in [3.63, 3.8) is 0 Å². The molecule has 0 aromatic carbocycles. The predicted molar refractivity (Wildman–Crippen MR) is 43.6 cm³/mol. The smallest absolute Gasteiger partial charge is 0.0107 e. The Kier molecular flexibility index (Phi) is 2.61. The van der Waals surface area contributed by atoms with Crippen molar-refractivity contribution in [2.45, 2.75) is 13.0 Å². The fraction of sp³-hybridized carbons (Fsp3) is 0.714. The minimum atomic E-state index is 0.635. The van der Waals surface area contributed by atoms with Crippen LogP contribution in [0.15, 0.2) is 11.5 Å². The average Bonchev–Trinajstić information content (AvgIpc) is 2.37. The van der Waals surface area contributed by atoms with Crippen molar-refractivity contribution in [1.82, 2.24) is 5.32 Å². The summed E-state index contributed by atoms with van der Waals surface area (Å²) in [4.78, 5) is 0. The number of hydrogen-bond acceptors (Lipinski definition) is 2. The molecule has 2 unspecified atom stereocenters. The fourth-order valence-corrected chi connectivity index (χ4v) is 1.95. The maximum atomic E-state index is 3.24. The van der Waals surface area contributed by atoms with Crippen molar-refractivity contribution in [2.24, 2.45) is 5.92 Å². The van der Waals surface area contributed by atoms with Crippen molar-refractivity contribution in [3.05, 3.63) is 11.5 Å². The molecule has 1 N–H and O–H groups in total. The van der Waals surface area contributed by atoms with Crippen molar-refractivity contribution < 1.29 is 0 Å². The largest absolute Gasteiger partial charge is 0.317 e. The summed E-state index contributed by atoms with van der Waals surface area (Å²) >= 11 is 1.91. The van der Waals surface area contributed by atoms with E-state index < -0.39 is 0 Å². The third kappa shape index (κ3) is 1.73. The van der Waals surface area contributed by atoms with E-state index in [4.69, 9.17) is 0 Å². The predicted octanol–water partition coefficient (Wildman–Crippen LogP) is 1.47. The summed E-state index contributed by atoms with van der Waals surface area (Å²) in [5, 5.41) is 5.44. The maximum Gasteiger partial charge on any atom is 0.0107 e. The van der Waals surface area contributed by atoms with E-state index in [9.17, 15) is 0 Å². The van der Waals surface area contributed by atoms with Gasteiger partial charge in [0.15, 0.2) is 0 Å². The highest BCUT2D eigenvalue weighted by Crippen LogP contribution is 2.22. The Bertz CT molecular complexity index is 111. The van der Waals surface area contributed by atoms with Gasteiger partial charge in [0.2, 0.25) is 0 Å². The van der Waals surface area contributed by atoms with Crippen LogP contribution in [-0.2, 0) is 0 Å². The summed E-state index contributed by atoms with van der Waals surface area (Å²) in [6.45, 7) is 2.22. The molecule has 0 saturated carbocycles. The van der Waals surface area contributed by atoms with Crippen molar-refractivity contribution in [2.75, 3.05) is 12.8 Å². The zero-order chi connectivity index (χ0) is 6.69. The van der Waals surface area contributed by atoms with E-state index >= 15 is 0 Å². The van der Waals surface area contributed by atoms with E-state index in [1.54, 1.807) is 0 Å². The van der Waals surface area contributed by atoms with Gasteiger partial charge in [0, 0.05) is 17.7 Å². The van der Waals surface area contributed by atoms with Crippen LogP contribution in [0.1, 0.15) is 6.92 Å². The molecule has 52 valence electrons. The van der Waals surface area contributed by atoms with Crippen molar-refractivity contribution >= 4 is 11.8 Å². The molecule has 1 heterocycles. The van der Waals surface area contributed by atoms with Crippen LogP contribution in [0.4, 0.5) is 0 Å². The highest BCUT2D eigenvalue weighted by molar-refractivity contribution is 8.02. The Labute approximate surface area is 60.9 Å². The minimum absolute atomic E-state index is 0.635. The Hall–Kier alpha value is 0.0500. The third-order valence-electron chi connectivity index (χ3n) is 1.81. The van der Waals surface area contributed by atoms with E-state index in [0.29, 0.717) is 6.04 Å². The summed E-state index contributed by atoms with van der Waals surface area (Å²) in [7, 11) is 2.02. The van der Waals surface area contributed by atoms with Crippen LogP contribution in [0.25, 0.3) is 0 Å². The van der Waals surface area contributed by atoms with Gasteiger partial charge in [0.25, 0.3) is 0 Å². The van der Waals surface area contributed by atoms with Crippen LogP contribution >= 0.6 is 11.8 Å². The number of nitrogens with one attached hydrogen (secondary N) is 1. The van der Waals surface area contributed by atoms with Crippen LogP contribution in [0.3, 0.4) is 0 Å². The van der Waals surface area contributed by atoms with Gasteiger partial charge in [0.1, 0.15) is 0 Å². The Morgan fingerprint density at radius 2 is 2.56 bits per heavy atom. The highest BCUT2D eigenvalue weighted by Gasteiger charge is 2.14. The monoisotopic (exact) mass is 143 g/mol. The Balaban J connectivity index is 2.33. The van der Waals surface area contributed by atoms with Gasteiger partial charge in [-0.3, -0.25) is 0 Å². The summed E-state index contributed by atoms with van der Waals surface area (Å²) in [6.07, 6.45) is 2.28. The van der Waals surface area contributed by atoms with Crippen molar-refractivity contribution in [3.8, 4) is 0 Å². The molecule has 1 aliphatic heterocycles. The quantitative estimate of drug-likeness (QED) is 0.628. The first kappa shape index (κ1) is 7.16. The molecule has 0 bridgehead atoms. The zero-order valence-corrected chi connectivity index (χ0v) is 6.74. The standard InChI is InChI=1S/C7H13NS/c1-6(8-2)7-3-4-9-5-7/h3-4,6-8H,5H2,1-2H3. The number of hydrogen-bond donors (Lipinski definition) is 1. The highest BCUT2D eigenvalue weighted by atomic mass is 32.2. The molecule has 1 nitrogen and oxygen atoms in total. The molecule has 0 aliphatic carbocycles. The third-order valence-corrected chi connectivity index (χ3v) is 2.74. The van der Waals surface area contributed by atoms with E-state index in [2.05, 4.69) is 23.7 Å². The zero-order valence-electron chi connectivity index (χ0n) is 5.92. The first-order chi connectivity index (χ1) is 4.34. The maximum absolute atomic E-state index is 3.24. The molecule has 0 amide bonds. The summed E-state index contributed by atoms with van der Waals surface area (Å²) in [5.74, 6) is 2.00. The van der Waals surface area contributed by atoms with Crippen LogP contribution in [0.5, 0.6) is 0 Å². The van der Waals surface area contributed by atoms with Gasteiger partial charge in [-0.2, -0.15) is 0 Å². The van der Waals surface area contributed by atoms with Gasteiger partial charge in [-0.05, 0) is 19.4 Å². The summed E-state index contributed by atoms with van der Waals surface area (Å²) in [6, 6.07) is 0.635. The van der Waals surface area contributed by atoms with E-state index in [0.717, 1.165) is 5.92 Å². The van der Waals surface area contributed by atoms with Gasteiger partial charge in [-0.1, -0.05) is 6.08 Å². The van der Waals surface area contributed by atoms with E-state index in [1.807, 2.05) is 18.8 Å². The minimum Gasteiger partial charge on any atom is -0.317 e. The fourth-order valence-electron chi connectivity index (χ4n) is 0.904. The summed E-state index contributed by atoms with van der Waals surface area (Å²) in [5.41, 5.74) is 0. The lowest BCUT2D eigenvalue weighted by atomic mass is 10.1. The van der Waals surface area contributed by atoms with Crippen LogP contribution in [-0.4, -0.2) is 18.8 Å². The van der Waals surface area contributed by atoms with Gasteiger partial charge in [-0.15, -0.1) is 11.8 Å². The first-order valence-electron chi connectivity index (χ1n) is 3.30. The Morgan fingerprint density at radius 3 is 3.00 bits per heavy atom. The number of thioether (sulfide) groups is 1. The normalized spacial score (nSPS) is 28.9. The molecule has 2 atom stereocenters. The van der Waals surface area contributed by atoms with Crippen LogP contribution < -0.4 is 5.32 Å². The average molecular weight is 143 g/mol. The second kappa shape index (κ2) is 3.28. The first-order valence-corrected chi connectivity index (χ1v) is 4.35.